The van der Waals surface area contributed by atoms with Crippen LogP contribution in [-0.2, 0) is 15.7 Å². The fourth-order valence-corrected chi connectivity index (χ4v) is 4.75. The van der Waals surface area contributed by atoms with Crippen LogP contribution in [0.25, 0.3) is 16.8 Å². The first-order valence-electron chi connectivity index (χ1n) is 11.8. The van der Waals surface area contributed by atoms with E-state index in [1.54, 1.807) is 0 Å². The fourth-order valence-electron chi connectivity index (χ4n) is 4.75. The van der Waals surface area contributed by atoms with Gasteiger partial charge >= 0.3 is 6.18 Å². The van der Waals surface area contributed by atoms with Crippen LogP contribution in [0, 0.1) is 5.41 Å². The predicted molar refractivity (Wildman–Crippen MR) is 126 cm³/mol. The number of ether oxygens (including phenoxy) is 3. The first kappa shape index (κ1) is 26.1. The number of aromatic nitrogens is 4. The summed E-state index contributed by atoms with van der Waals surface area (Å²) in [5, 5.41) is 6.55. The Kier molecular flexibility index (Phi) is 6.21. The van der Waals surface area contributed by atoms with Crippen molar-refractivity contribution in [1.82, 2.24) is 24.9 Å². The molecule has 4 heterocycles. The molecule has 0 bridgehead atoms. The summed E-state index contributed by atoms with van der Waals surface area (Å²) in [6.45, 7) is 4.72. The number of alkyl halides is 4. The van der Waals surface area contributed by atoms with E-state index in [-0.39, 0.29) is 46.8 Å². The number of methoxy groups -OCH3 is 1. The van der Waals surface area contributed by atoms with Gasteiger partial charge in [-0.25, -0.2) is 18.9 Å². The van der Waals surface area contributed by atoms with E-state index in [0.29, 0.717) is 13.2 Å². The van der Waals surface area contributed by atoms with E-state index in [4.69, 9.17) is 19.9 Å². The van der Waals surface area contributed by atoms with E-state index < -0.39 is 41.2 Å². The zero-order chi connectivity index (χ0) is 27.5. The number of nitrogens with one attached hydrogen (secondary N) is 1. The van der Waals surface area contributed by atoms with Crippen LogP contribution in [0.2, 0.25) is 0 Å². The van der Waals surface area contributed by atoms with Crippen molar-refractivity contribution in [2.24, 2.45) is 5.41 Å². The Bertz CT molecular complexity index is 1380. The second-order valence-electron chi connectivity index (χ2n) is 10.3. The zero-order valence-corrected chi connectivity index (χ0v) is 20.8. The monoisotopic (exact) mass is 538 g/mol. The van der Waals surface area contributed by atoms with Gasteiger partial charge in [0.15, 0.2) is 11.6 Å². The van der Waals surface area contributed by atoms with E-state index in [9.17, 15) is 22.4 Å². The summed E-state index contributed by atoms with van der Waals surface area (Å²) in [6, 6.07) is 1.23. The van der Waals surface area contributed by atoms with Gasteiger partial charge in [-0.3, -0.25) is 4.79 Å². The van der Waals surface area contributed by atoms with Crippen LogP contribution >= 0.6 is 0 Å². The van der Waals surface area contributed by atoms with Crippen LogP contribution in [-0.4, -0.2) is 63.8 Å². The number of rotatable bonds is 4. The minimum atomic E-state index is -4.74. The van der Waals surface area contributed by atoms with Crippen LogP contribution in [0.3, 0.4) is 0 Å². The number of pyridine rings is 1. The molecule has 2 fully saturated rings. The van der Waals surface area contributed by atoms with Gasteiger partial charge in [-0.1, -0.05) is 13.8 Å². The zero-order valence-electron chi connectivity index (χ0n) is 20.8. The lowest BCUT2D eigenvalue weighted by molar-refractivity contribution is -0.296. The first-order valence-corrected chi connectivity index (χ1v) is 11.8. The van der Waals surface area contributed by atoms with Gasteiger partial charge in [0.1, 0.15) is 23.6 Å². The maximum atomic E-state index is 15.0. The molecular formula is C24H26F4N6O4. The van der Waals surface area contributed by atoms with Gasteiger partial charge in [-0.15, -0.1) is 0 Å². The molecule has 204 valence electrons. The Morgan fingerprint density at radius 3 is 2.58 bits per heavy atom. The number of nitrogens with two attached hydrogens (primary N) is 1. The molecule has 5 rings (SSSR count). The number of hydrogen-bond donors (Lipinski definition) is 2. The maximum Gasteiger partial charge on any atom is 0.418 e. The quantitative estimate of drug-likeness (QED) is 0.484. The Labute approximate surface area is 214 Å². The molecule has 3 aromatic rings. The van der Waals surface area contributed by atoms with Crippen LogP contribution in [0.4, 0.5) is 23.4 Å². The second kappa shape index (κ2) is 9.05. The third-order valence-electron chi connectivity index (χ3n) is 6.71. The lowest BCUT2D eigenvalue weighted by Crippen LogP contribution is -2.47. The van der Waals surface area contributed by atoms with E-state index >= 15 is 0 Å². The smallest absolute Gasteiger partial charge is 0.418 e. The minimum absolute atomic E-state index is 0.0274. The van der Waals surface area contributed by atoms with Crippen LogP contribution < -0.4 is 15.8 Å². The van der Waals surface area contributed by atoms with Crippen molar-refractivity contribution >= 4 is 17.2 Å². The molecular weight excluding hydrogens is 512 g/mol. The average molecular weight is 539 g/mol. The highest BCUT2D eigenvalue weighted by Gasteiger charge is 2.51. The molecule has 1 spiro atoms. The Morgan fingerprint density at radius 2 is 1.92 bits per heavy atom. The van der Waals surface area contributed by atoms with E-state index in [1.807, 2.05) is 13.8 Å². The lowest BCUT2D eigenvalue weighted by atomic mass is 9.94. The minimum Gasteiger partial charge on any atom is -0.480 e. The lowest BCUT2D eigenvalue weighted by Gasteiger charge is -2.41. The van der Waals surface area contributed by atoms with Crippen molar-refractivity contribution in [2.45, 2.75) is 50.9 Å². The molecule has 38 heavy (non-hydrogen) atoms. The molecule has 14 heteroatoms. The Hall–Kier alpha value is -3.52. The largest absolute Gasteiger partial charge is 0.480 e. The highest BCUT2D eigenvalue weighted by molar-refractivity contribution is 5.98. The number of hydrogen-bond acceptors (Lipinski definition) is 8. The third kappa shape index (κ3) is 4.62. The number of amides is 1. The Balaban J connectivity index is 1.45. The van der Waals surface area contributed by atoms with Gasteiger partial charge in [0.05, 0.1) is 37.6 Å². The van der Waals surface area contributed by atoms with Gasteiger partial charge in [0, 0.05) is 30.0 Å². The van der Waals surface area contributed by atoms with E-state index in [0.717, 1.165) is 16.9 Å². The molecule has 2 atom stereocenters. The summed E-state index contributed by atoms with van der Waals surface area (Å²) in [5.41, 5.74) is 4.04. The maximum absolute atomic E-state index is 15.0. The summed E-state index contributed by atoms with van der Waals surface area (Å²) in [5.74, 6) is -2.30. The molecule has 3 aromatic heterocycles. The molecule has 1 amide bonds. The van der Waals surface area contributed by atoms with Gasteiger partial charge in [0.2, 0.25) is 5.88 Å². The van der Waals surface area contributed by atoms with Crippen LogP contribution in [0.1, 0.15) is 42.6 Å². The molecule has 2 aliphatic rings. The first-order chi connectivity index (χ1) is 17.8. The topological polar surface area (TPSA) is 126 Å². The van der Waals surface area contributed by atoms with Crippen molar-refractivity contribution in [3.8, 4) is 17.1 Å². The molecule has 1 aliphatic heterocycles. The van der Waals surface area contributed by atoms with Gasteiger partial charge in [-0.2, -0.15) is 18.3 Å². The predicted octanol–water partition coefficient (Wildman–Crippen LogP) is 3.40. The molecule has 1 saturated heterocycles. The normalized spacial score (nSPS) is 22.6. The molecule has 0 unspecified atom stereocenters. The molecule has 1 saturated carbocycles. The summed E-state index contributed by atoms with van der Waals surface area (Å²) >= 11 is 0. The van der Waals surface area contributed by atoms with Crippen molar-refractivity contribution in [3.63, 3.8) is 0 Å². The number of fused-ring (bicyclic) bond motifs is 1. The number of halogens is 4. The van der Waals surface area contributed by atoms with E-state index in [1.165, 1.54) is 19.4 Å². The summed E-state index contributed by atoms with van der Waals surface area (Å²) in [4.78, 5) is 21.0. The molecule has 0 aromatic carbocycles. The summed E-state index contributed by atoms with van der Waals surface area (Å²) in [6.07, 6.45) is -3.87. The molecule has 3 N–H and O–H groups in total. The Morgan fingerprint density at radius 1 is 1.21 bits per heavy atom. The van der Waals surface area contributed by atoms with Crippen LogP contribution in [0.15, 0.2) is 24.7 Å². The molecule has 1 aliphatic carbocycles. The van der Waals surface area contributed by atoms with E-state index in [2.05, 4.69) is 20.4 Å². The van der Waals surface area contributed by atoms with Gasteiger partial charge in [-0.05, 0) is 12.1 Å². The average Bonchev–Trinajstić information content (AvgIpc) is 3.40. The number of nitrogen functional groups attached to an aromatic ring is 1. The SMILES string of the molecule is COc1ncc(-c2cc(C(F)(F)F)c3c(N)ncnn23)cc1C(=O)N[C@@H]1CC2(C[C@@H]1F)OCC(C)(C)CO2. The number of carbonyl (C=O) groups excluding carboxylic acids is 1. The van der Waals surface area contributed by atoms with Crippen molar-refractivity contribution < 1.29 is 36.6 Å². The molecule has 0 radical (unpaired) electrons. The van der Waals surface area contributed by atoms with Crippen molar-refractivity contribution in [3.05, 3.63) is 35.8 Å². The van der Waals surface area contributed by atoms with Crippen molar-refractivity contribution in [1.29, 1.82) is 0 Å². The standard InChI is InChI=1S/C24H26F4N6O4/c1-22(2)9-37-23(38-10-22)6-15(25)16(7-23)33-20(35)13-4-12(8-30-21(13)36-3)17-5-14(24(26,27)28)18-19(29)31-11-32-34(17)18/h4-5,8,11,15-16H,6-7,9-10H2,1-3H3,(H,33,35)(H2,29,31,32)/t15-,16+/m0/s1. The number of carbonyl (C=O) groups is 1. The van der Waals surface area contributed by atoms with Gasteiger partial charge < -0.3 is 25.3 Å². The fraction of sp³-hybridized carbons (Fsp3) is 0.500. The number of nitrogens with zero attached hydrogens (tertiary/aromatic N) is 4. The summed E-state index contributed by atoms with van der Waals surface area (Å²) < 4.78 is 74.1. The highest BCUT2D eigenvalue weighted by atomic mass is 19.4. The summed E-state index contributed by atoms with van der Waals surface area (Å²) in [7, 11) is 1.29. The van der Waals surface area contributed by atoms with Gasteiger partial charge in [0.25, 0.3) is 5.91 Å². The van der Waals surface area contributed by atoms with Crippen LogP contribution in [0.5, 0.6) is 5.88 Å². The highest BCUT2D eigenvalue weighted by Crippen LogP contribution is 2.42. The second-order valence-corrected chi connectivity index (χ2v) is 10.3. The third-order valence-corrected chi connectivity index (χ3v) is 6.71. The molecule has 10 nitrogen and oxygen atoms in total. The van der Waals surface area contributed by atoms with Crippen molar-refractivity contribution in [2.75, 3.05) is 26.1 Å². The number of anilines is 1.